The van der Waals surface area contributed by atoms with Crippen molar-refractivity contribution in [1.82, 2.24) is 19.6 Å². The smallest absolute Gasteiger partial charge is 0.329 e. The van der Waals surface area contributed by atoms with Gasteiger partial charge >= 0.3 is 47.8 Å². The lowest BCUT2D eigenvalue weighted by Crippen LogP contribution is -2.56. The molecule has 0 aromatic carbocycles. The Kier molecular flexibility index (Phi) is 84.1. The second-order valence-electron chi connectivity index (χ2n) is 27.1. The molecule has 54 nitrogen and oxygen atoms in total. The van der Waals surface area contributed by atoms with E-state index < -0.39 is 175 Å². The molecule has 134 heavy (non-hydrogen) atoms. The Hall–Kier alpha value is -7.56. The third-order valence-corrected chi connectivity index (χ3v) is 16.7. The average molecular weight is 1960 g/mol. The number of amides is 4. The van der Waals surface area contributed by atoms with Crippen LogP contribution in [0.1, 0.15) is 0 Å². The van der Waals surface area contributed by atoms with Crippen molar-refractivity contribution in [3.05, 3.63) is 0 Å². The van der Waals surface area contributed by atoms with E-state index in [0.717, 1.165) is 0 Å². The Balaban J connectivity index is 4.22. The van der Waals surface area contributed by atoms with E-state index in [-0.39, 0.29) is 343 Å². The molecule has 0 aliphatic carbocycles. The monoisotopic (exact) mass is 1960 g/mol. The molecule has 1 fully saturated rings. The standard InChI is InChI=1S/C80H140N4O50/c85-65(86)57-123-41-33-113-25-17-105-9-1-81(2-10-106-18-26-114-34-42-124-58-66(87)88)77(101)73-74(78(102)82(3-11-107-19-27-115-35-43-125-59-67(89)90)4-12-108-20-28-116-36-44-126-60-68(91)92)132-54-50-122-52-56-134-76(80(104)84(7-15-111-23-31-119-39-47-129-63-71(97)98)8-16-112-24-32-120-40-48-130-64-72(99)100)75(133-55-51-121-49-53-131-73)79(103)83(5-13-109-21-29-117-37-45-127-61-69(93)94)6-14-110-22-30-118-38-46-128-62-70(95)96/h73-76H,1-64H2,(H,85,86)(H,87,88)(H,89,90)(H,91,92)(H,93,94)(H,95,96)(H,97,98)(H,99,100). The number of hydrogen-bond donors (Lipinski definition) is 8. The molecular formula is C80H140N4O50. The highest BCUT2D eigenvalue weighted by Gasteiger charge is 2.43. The largest absolute Gasteiger partial charge is 0.480 e. The van der Waals surface area contributed by atoms with Gasteiger partial charge in [0.25, 0.3) is 23.6 Å². The van der Waals surface area contributed by atoms with Gasteiger partial charge < -0.3 is 203 Å². The second kappa shape index (κ2) is 90.6. The molecule has 8 N–H and O–H groups in total. The SMILES string of the molecule is O=C(O)COCCOCCOCCN(CCOCCOCCOCC(=O)O)C(=O)C1OCCOCCOC(C(=O)N(CCOCCOCCOCC(=O)O)CCOCCOCCOCC(=O)O)C(C(=O)N(CCOCCOCCOCC(=O)O)CCOCCOCCOCC(=O)O)OCCOCCOC1C(=O)N(CCOCCOCCOCC(=O)O)CCOCCOCCOCC(=O)O. The van der Waals surface area contributed by atoms with Gasteiger partial charge in [-0.1, -0.05) is 0 Å². The molecule has 0 aromatic rings. The van der Waals surface area contributed by atoms with E-state index in [1.165, 1.54) is 19.6 Å². The van der Waals surface area contributed by atoms with Crippen molar-refractivity contribution >= 4 is 71.4 Å². The number of ether oxygens (including phenoxy) is 30. The molecule has 1 saturated heterocycles. The summed E-state index contributed by atoms with van der Waals surface area (Å²) in [5.41, 5.74) is 0. The van der Waals surface area contributed by atoms with Gasteiger partial charge in [-0.05, 0) is 0 Å². The van der Waals surface area contributed by atoms with Gasteiger partial charge in [0, 0.05) is 52.4 Å². The zero-order valence-electron chi connectivity index (χ0n) is 76.1. The Morgan fingerprint density at radius 1 is 0.164 bits per heavy atom. The fraction of sp³-hybridized carbons (Fsp3) is 0.850. The highest BCUT2D eigenvalue weighted by atomic mass is 16.6. The molecule has 1 aliphatic heterocycles. The highest BCUT2D eigenvalue weighted by Crippen LogP contribution is 2.18. The molecule has 0 bridgehead atoms. The molecule has 780 valence electrons. The van der Waals surface area contributed by atoms with E-state index in [1.54, 1.807) is 0 Å². The fourth-order valence-corrected chi connectivity index (χ4v) is 10.5. The summed E-state index contributed by atoms with van der Waals surface area (Å²) in [6, 6.07) is 0. The predicted molar refractivity (Wildman–Crippen MR) is 448 cm³/mol. The first-order valence-electron chi connectivity index (χ1n) is 43.4. The van der Waals surface area contributed by atoms with Crippen LogP contribution >= 0.6 is 0 Å². The maximum atomic E-state index is 15.7. The van der Waals surface area contributed by atoms with Gasteiger partial charge in [0.05, 0.1) is 317 Å². The summed E-state index contributed by atoms with van der Waals surface area (Å²) >= 11 is 0. The van der Waals surface area contributed by atoms with Gasteiger partial charge in [0.2, 0.25) is 0 Å². The zero-order chi connectivity index (χ0) is 98.0. The van der Waals surface area contributed by atoms with Crippen LogP contribution in [0.15, 0.2) is 0 Å². The van der Waals surface area contributed by atoms with E-state index in [0.29, 0.717) is 0 Å². The Morgan fingerprint density at radius 3 is 0.381 bits per heavy atom. The van der Waals surface area contributed by atoms with E-state index >= 15 is 19.2 Å². The van der Waals surface area contributed by atoms with Crippen LogP contribution < -0.4 is 0 Å². The summed E-state index contributed by atoms with van der Waals surface area (Å²) in [4.78, 5) is 156. The molecule has 54 heteroatoms. The van der Waals surface area contributed by atoms with Gasteiger partial charge in [-0.25, -0.2) is 38.4 Å². The van der Waals surface area contributed by atoms with Gasteiger partial charge in [0.1, 0.15) is 52.9 Å². The van der Waals surface area contributed by atoms with Crippen molar-refractivity contribution < 1.29 is 240 Å². The Bertz CT molecular complexity index is 2470. The number of hydrogen-bond acceptors (Lipinski definition) is 42. The second-order valence-corrected chi connectivity index (χ2v) is 27.1. The highest BCUT2D eigenvalue weighted by molar-refractivity contribution is 5.92. The van der Waals surface area contributed by atoms with Crippen molar-refractivity contribution in [3.63, 3.8) is 0 Å². The Morgan fingerprint density at radius 2 is 0.269 bits per heavy atom. The quantitative estimate of drug-likeness (QED) is 0.0263. The minimum Gasteiger partial charge on any atom is -0.480 e. The third kappa shape index (κ3) is 77.5. The van der Waals surface area contributed by atoms with Crippen molar-refractivity contribution in [1.29, 1.82) is 0 Å². The van der Waals surface area contributed by atoms with Gasteiger partial charge in [-0.3, -0.25) is 19.2 Å². The van der Waals surface area contributed by atoms with Crippen LogP contribution in [0, 0.1) is 0 Å². The summed E-state index contributed by atoms with van der Waals surface area (Å²) < 4.78 is 170. The predicted octanol–water partition coefficient (Wildman–Crippen LogP) is -6.04. The molecule has 0 aromatic heterocycles. The lowest BCUT2D eigenvalue weighted by atomic mass is 10.1. The van der Waals surface area contributed by atoms with Gasteiger partial charge in [0.15, 0.2) is 24.4 Å². The number of rotatable bonds is 92. The zero-order valence-corrected chi connectivity index (χ0v) is 76.1. The maximum Gasteiger partial charge on any atom is 0.329 e. The van der Waals surface area contributed by atoms with E-state index in [1.807, 2.05) is 0 Å². The fourth-order valence-electron chi connectivity index (χ4n) is 10.5. The minimum atomic E-state index is -1.86. The number of carbonyl (C=O) groups excluding carboxylic acids is 4. The topological polar surface area (TPSA) is 657 Å². The molecule has 1 heterocycles. The summed E-state index contributed by atoms with van der Waals surface area (Å²) in [6.45, 7) is -10.5. The summed E-state index contributed by atoms with van der Waals surface area (Å²) in [7, 11) is 0. The Labute approximate surface area is 775 Å². The normalized spacial score (nSPS) is 15.3. The van der Waals surface area contributed by atoms with Crippen molar-refractivity contribution in [2.45, 2.75) is 24.4 Å². The molecular weight excluding hydrogens is 1820 g/mol. The van der Waals surface area contributed by atoms with Crippen molar-refractivity contribution in [3.8, 4) is 0 Å². The summed E-state index contributed by atoms with van der Waals surface area (Å²) in [6.07, 6.45) is -7.43. The first kappa shape index (κ1) is 124. The van der Waals surface area contributed by atoms with E-state index in [4.69, 9.17) is 183 Å². The van der Waals surface area contributed by atoms with Crippen LogP contribution in [-0.2, 0) is 200 Å². The van der Waals surface area contributed by atoms with E-state index in [2.05, 4.69) is 0 Å². The van der Waals surface area contributed by atoms with Crippen LogP contribution in [0.4, 0.5) is 0 Å². The van der Waals surface area contributed by atoms with Gasteiger partial charge in [-0.15, -0.1) is 0 Å². The van der Waals surface area contributed by atoms with Crippen LogP contribution in [-0.4, -0.2) is 579 Å². The van der Waals surface area contributed by atoms with E-state index in [9.17, 15) is 38.4 Å². The molecule has 0 spiro atoms. The van der Waals surface area contributed by atoms with Crippen LogP contribution in [0.5, 0.6) is 0 Å². The molecule has 0 saturated carbocycles. The lowest BCUT2D eigenvalue weighted by molar-refractivity contribution is -0.177. The van der Waals surface area contributed by atoms with Crippen LogP contribution in [0.3, 0.4) is 0 Å². The molecule has 0 radical (unpaired) electrons. The number of carboxylic acid groups (broad SMARTS) is 8. The molecule has 4 amide bonds. The molecule has 1 rings (SSSR count). The number of aliphatic carboxylic acids is 8. The molecule has 4 unspecified atom stereocenters. The van der Waals surface area contributed by atoms with Crippen molar-refractivity contribution in [2.24, 2.45) is 0 Å². The van der Waals surface area contributed by atoms with Crippen LogP contribution in [0.2, 0.25) is 0 Å². The van der Waals surface area contributed by atoms with Crippen molar-refractivity contribution in [2.75, 3.05) is 422 Å². The number of carboxylic acids is 8. The summed E-state index contributed by atoms with van der Waals surface area (Å²) in [5.74, 6) is -12.7. The van der Waals surface area contributed by atoms with Gasteiger partial charge in [-0.2, -0.15) is 0 Å². The van der Waals surface area contributed by atoms with Crippen LogP contribution in [0.25, 0.3) is 0 Å². The molecule has 1 aliphatic rings. The first-order valence-corrected chi connectivity index (χ1v) is 43.4. The third-order valence-electron chi connectivity index (χ3n) is 16.7. The number of nitrogens with zero attached hydrogens (tertiary/aromatic N) is 4. The number of carbonyl (C=O) groups is 12. The summed E-state index contributed by atoms with van der Waals surface area (Å²) in [5, 5.41) is 71.6. The minimum absolute atomic E-state index is 0.0188. The average Bonchev–Trinajstić information content (AvgIpc) is 0.830. The first-order chi connectivity index (χ1) is 65.0. The molecule has 4 atom stereocenters. The maximum absolute atomic E-state index is 15.7. The lowest BCUT2D eigenvalue weighted by Gasteiger charge is -2.34.